The fraction of sp³-hybridized carbons (Fsp3) is 0.750. The first kappa shape index (κ1) is 7.75. The molecular weight excluding hydrogens is 172 g/mol. The predicted octanol–water partition coefficient (Wildman–Crippen LogP) is 1.56. The third-order valence-corrected chi connectivity index (χ3v) is 1.41. The Kier molecular flexibility index (Phi) is 3.60. The second kappa shape index (κ2) is 3.72. The zero-order valence-corrected chi connectivity index (χ0v) is 6.10. The molecule has 0 amide bonds. The van der Waals surface area contributed by atoms with Crippen LogP contribution < -0.4 is 0 Å². The first-order chi connectivity index (χ1) is 3.72. The molecule has 0 aliphatic carbocycles. The van der Waals surface area contributed by atoms with Crippen LogP contribution in [-0.2, 0) is 0 Å². The van der Waals surface area contributed by atoms with Crippen LogP contribution in [0.15, 0.2) is 5.18 Å². The quantitative estimate of drug-likeness (QED) is 0.398. The van der Waals surface area contributed by atoms with E-state index in [1.807, 2.05) is 0 Å². The molecule has 0 spiro atoms. The fourth-order valence-corrected chi connectivity index (χ4v) is 0.644. The smallest absolute Gasteiger partial charge is 0.127 e. The van der Waals surface area contributed by atoms with Gasteiger partial charge in [0.2, 0.25) is 0 Å². The molecule has 0 aliphatic heterocycles. The Labute approximate surface area is 56.1 Å². The van der Waals surface area contributed by atoms with E-state index in [0.717, 1.165) is 0 Å². The second-order valence-corrected chi connectivity index (χ2v) is 2.00. The van der Waals surface area contributed by atoms with Gasteiger partial charge in [-0.15, -0.1) is 0 Å². The normalized spacial score (nSPS) is 12.8. The van der Waals surface area contributed by atoms with Gasteiger partial charge in [-0.2, -0.15) is 4.91 Å². The lowest BCUT2D eigenvalue weighted by atomic mass is 10.2. The van der Waals surface area contributed by atoms with Gasteiger partial charge in [-0.05, 0) is 6.92 Å². The topological polar surface area (TPSA) is 53.3 Å². The minimum atomic E-state index is -0.477. The first-order valence-electron chi connectivity index (χ1n) is 2.18. The molecule has 0 aromatic rings. The number of alkyl halides is 1. The van der Waals surface area contributed by atoms with Crippen LogP contribution in [0, 0.1) is 10.3 Å². The van der Waals surface area contributed by atoms with Crippen LogP contribution in [0.25, 0.3) is 0 Å². The van der Waals surface area contributed by atoms with Crippen LogP contribution in [0.4, 0.5) is 0 Å². The van der Waals surface area contributed by atoms with Crippen molar-refractivity contribution >= 4 is 21.6 Å². The molecule has 0 bridgehead atoms. The Morgan fingerprint density at radius 1 is 2.00 bits per heavy atom. The highest BCUT2D eigenvalue weighted by Crippen LogP contribution is 1.93. The Bertz CT molecular complexity index is 104. The van der Waals surface area contributed by atoms with Gasteiger partial charge in [0, 0.05) is 11.0 Å². The Morgan fingerprint density at radius 3 is 2.62 bits per heavy atom. The molecule has 0 aromatic heterocycles. The van der Waals surface area contributed by atoms with E-state index in [1.165, 1.54) is 0 Å². The standard InChI is InChI=1S/C4H7BrN2O/c1-3(7-8)4(6)2-5/h3,6H,2H2,1H3. The van der Waals surface area contributed by atoms with Crippen LogP contribution in [0.5, 0.6) is 0 Å². The van der Waals surface area contributed by atoms with Crippen molar-refractivity contribution in [3.63, 3.8) is 0 Å². The number of nitrogens with one attached hydrogen (secondary N) is 1. The molecule has 0 radical (unpaired) electrons. The molecule has 4 heteroatoms. The van der Waals surface area contributed by atoms with Crippen molar-refractivity contribution in [1.29, 1.82) is 5.41 Å². The summed E-state index contributed by atoms with van der Waals surface area (Å²) in [6.45, 7) is 1.59. The van der Waals surface area contributed by atoms with Crippen molar-refractivity contribution in [3.05, 3.63) is 4.91 Å². The summed E-state index contributed by atoms with van der Waals surface area (Å²) in [6.07, 6.45) is 0. The molecule has 1 atom stereocenters. The zero-order valence-electron chi connectivity index (χ0n) is 4.52. The molecule has 46 valence electrons. The van der Waals surface area contributed by atoms with Gasteiger partial charge < -0.3 is 5.41 Å². The summed E-state index contributed by atoms with van der Waals surface area (Å²) in [4.78, 5) is 9.69. The van der Waals surface area contributed by atoms with Crippen molar-refractivity contribution in [2.45, 2.75) is 13.0 Å². The number of halogens is 1. The molecular formula is C4H7BrN2O. The molecule has 8 heavy (non-hydrogen) atoms. The molecule has 0 aromatic carbocycles. The molecule has 0 heterocycles. The van der Waals surface area contributed by atoms with E-state index >= 15 is 0 Å². The van der Waals surface area contributed by atoms with Crippen LogP contribution in [0.3, 0.4) is 0 Å². The van der Waals surface area contributed by atoms with Crippen LogP contribution in [0.2, 0.25) is 0 Å². The van der Waals surface area contributed by atoms with Crippen LogP contribution in [-0.4, -0.2) is 17.1 Å². The molecule has 0 rings (SSSR count). The lowest BCUT2D eigenvalue weighted by molar-refractivity contribution is 0.950. The number of nitrogens with zero attached hydrogens (tertiary/aromatic N) is 1. The largest absolute Gasteiger partial charge is 0.306 e. The molecule has 1 unspecified atom stereocenters. The van der Waals surface area contributed by atoms with Gasteiger partial charge in [0.05, 0.1) is 0 Å². The van der Waals surface area contributed by atoms with Crippen molar-refractivity contribution in [2.75, 3.05) is 5.33 Å². The van der Waals surface area contributed by atoms with Gasteiger partial charge in [-0.3, -0.25) is 0 Å². The van der Waals surface area contributed by atoms with E-state index in [1.54, 1.807) is 6.92 Å². The Morgan fingerprint density at radius 2 is 2.50 bits per heavy atom. The van der Waals surface area contributed by atoms with Gasteiger partial charge in [-0.1, -0.05) is 21.1 Å². The lowest BCUT2D eigenvalue weighted by Crippen LogP contribution is -2.13. The van der Waals surface area contributed by atoms with E-state index in [0.29, 0.717) is 11.0 Å². The number of nitroso groups, excluding NO2 is 1. The van der Waals surface area contributed by atoms with Crippen molar-refractivity contribution in [2.24, 2.45) is 5.18 Å². The Balaban J connectivity index is 3.62. The summed E-state index contributed by atoms with van der Waals surface area (Å²) in [6, 6.07) is -0.477. The highest BCUT2D eigenvalue weighted by molar-refractivity contribution is 9.09. The summed E-state index contributed by atoms with van der Waals surface area (Å²) in [5.74, 6) is 0. The molecule has 0 fully saturated rings. The monoisotopic (exact) mass is 178 g/mol. The lowest BCUT2D eigenvalue weighted by Gasteiger charge is -1.97. The highest BCUT2D eigenvalue weighted by Gasteiger charge is 2.04. The molecule has 0 aliphatic rings. The minimum absolute atomic E-state index is 0.319. The molecule has 0 saturated heterocycles. The maximum Gasteiger partial charge on any atom is 0.127 e. The maximum atomic E-state index is 9.69. The third kappa shape index (κ3) is 2.16. The summed E-state index contributed by atoms with van der Waals surface area (Å²) in [7, 11) is 0. The van der Waals surface area contributed by atoms with Crippen LogP contribution in [0.1, 0.15) is 6.92 Å². The zero-order chi connectivity index (χ0) is 6.57. The summed E-state index contributed by atoms with van der Waals surface area (Å²) >= 11 is 3.03. The van der Waals surface area contributed by atoms with E-state index in [9.17, 15) is 4.91 Å². The predicted molar refractivity (Wildman–Crippen MR) is 36.8 cm³/mol. The fourth-order valence-electron chi connectivity index (χ4n) is 0.175. The summed E-state index contributed by atoms with van der Waals surface area (Å²) in [5.41, 5.74) is 0.319. The number of hydrogen-bond acceptors (Lipinski definition) is 3. The average Bonchev–Trinajstić information content (AvgIpc) is 1.84. The van der Waals surface area contributed by atoms with Gasteiger partial charge in [0.25, 0.3) is 0 Å². The van der Waals surface area contributed by atoms with E-state index in [2.05, 4.69) is 21.1 Å². The third-order valence-electron chi connectivity index (χ3n) is 0.806. The number of rotatable bonds is 3. The molecule has 0 saturated carbocycles. The van der Waals surface area contributed by atoms with Crippen molar-refractivity contribution in [1.82, 2.24) is 0 Å². The Hall–Kier alpha value is -0.250. The van der Waals surface area contributed by atoms with Crippen molar-refractivity contribution < 1.29 is 0 Å². The minimum Gasteiger partial charge on any atom is -0.306 e. The number of hydrogen-bond donors (Lipinski definition) is 1. The average molecular weight is 179 g/mol. The van der Waals surface area contributed by atoms with Gasteiger partial charge in [0.15, 0.2) is 0 Å². The summed E-state index contributed by atoms with van der Waals surface area (Å²) in [5, 5.41) is 10.1. The van der Waals surface area contributed by atoms with E-state index < -0.39 is 6.04 Å². The van der Waals surface area contributed by atoms with Gasteiger partial charge in [-0.25, -0.2) is 0 Å². The second-order valence-electron chi connectivity index (χ2n) is 1.44. The first-order valence-corrected chi connectivity index (χ1v) is 3.30. The molecule has 1 N–H and O–H groups in total. The highest BCUT2D eigenvalue weighted by atomic mass is 79.9. The molecule has 3 nitrogen and oxygen atoms in total. The summed E-state index contributed by atoms with van der Waals surface area (Å²) < 4.78 is 0. The van der Waals surface area contributed by atoms with Gasteiger partial charge >= 0.3 is 0 Å². The van der Waals surface area contributed by atoms with E-state index in [4.69, 9.17) is 5.41 Å². The maximum absolute atomic E-state index is 9.69. The van der Waals surface area contributed by atoms with Crippen molar-refractivity contribution in [3.8, 4) is 0 Å². The van der Waals surface area contributed by atoms with Crippen LogP contribution >= 0.6 is 15.9 Å². The van der Waals surface area contributed by atoms with E-state index in [-0.39, 0.29) is 0 Å². The SMILES string of the molecule is CC(N=O)C(=N)CBr. The van der Waals surface area contributed by atoms with Gasteiger partial charge in [0.1, 0.15) is 6.04 Å².